The molecule has 23 heavy (non-hydrogen) atoms. The molecule has 0 fully saturated rings. The van der Waals surface area contributed by atoms with Gasteiger partial charge < -0.3 is 0 Å². The number of sulfonamides is 1. The Morgan fingerprint density at radius 1 is 1.17 bits per heavy atom. The number of benzene rings is 1. The standard InChI is InChI=1S/C15H18N4O2S2/c16-15(9-11-22-12-13-6-4-5-10-18-13)19(17)23(20,21)14-7-2-1-3-8-14/h1-8,10,16H,9,11-12,17H2. The highest BCUT2D eigenvalue weighted by molar-refractivity contribution is 7.98. The van der Waals surface area contributed by atoms with Gasteiger partial charge in [0.15, 0.2) is 0 Å². The average molecular weight is 350 g/mol. The van der Waals surface area contributed by atoms with Crippen LogP contribution in [0.1, 0.15) is 12.1 Å². The lowest BCUT2D eigenvalue weighted by Crippen LogP contribution is -2.42. The molecular formula is C15H18N4O2S2. The summed E-state index contributed by atoms with van der Waals surface area (Å²) in [5, 5.41) is 7.88. The Labute approximate surface area is 140 Å². The first-order valence-electron chi connectivity index (χ1n) is 6.92. The maximum Gasteiger partial charge on any atom is 0.278 e. The van der Waals surface area contributed by atoms with Gasteiger partial charge in [-0.05, 0) is 24.3 Å². The van der Waals surface area contributed by atoms with Crippen molar-refractivity contribution in [1.29, 1.82) is 5.41 Å². The Bertz CT molecular complexity index is 737. The summed E-state index contributed by atoms with van der Waals surface area (Å²) in [5.41, 5.74) is 0.950. The number of thioether (sulfide) groups is 1. The summed E-state index contributed by atoms with van der Waals surface area (Å²) in [6, 6.07) is 13.6. The minimum absolute atomic E-state index is 0.0772. The summed E-state index contributed by atoms with van der Waals surface area (Å²) in [7, 11) is -3.86. The zero-order chi connectivity index (χ0) is 16.7. The smallest absolute Gasteiger partial charge is 0.278 e. The van der Waals surface area contributed by atoms with Crippen LogP contribution in [0.4, 0.5) is 0 Å². The molecule has 0 amide bonds. The van der Waals surface area contributed by atoms with Crippen LogP contribution in [0.2, 0.25) is 0 Å². The molecular weight excluding hydrogens is 332 g/mol. The Morgan fingerprint density at radius 2 is 1.87 bits per heavy atom. The molecule has 0 aliphatic rings. The molecule has 1 aromatic carbocycles. The van der Waals surface area contributed by atoms with Crippen LogP contribution in [0, 0.1) is 5.41 Å². The quantitative estimate of drug-likeness (QED) is 0.262. The molecule has 0 unspecified atom stereocenters. The molecule has 0 aliphatic carbocycles. The van der Waals surface area contributed by atoms with E-state index in [1.807, 2.05) is 18.2 Å². The number of nitrogens with two attached hydrogens (primary N) is 1. The van der Waals surface area contributed by atoms with Gasteiger partial charge in [-0.25, -0.2) is 5.84 Å². The fourth-order valence-electron chi connectivity index (χ4n) is 1.79. The third-order valence-corrected chi connectivity index (χ3v) is 5.62. The van der Waals surface area contributed by atoms with E-state index in [1.54, 1.807) is 36.2 Å². The van der Waals surface area contributed by atoms with Gasteiger partial charge in [-0.2, -0.15) is 24.6 Å². The molecule has 6 nitrogen and oxygen atoms in total. The number of aromatic nitrogens is 1. The van der Waals surface area contributed by atoms with Crippen molar-refractivity contribution >= 4 is 27.6 Å². The van der Waals surface area contributed by atoms with Gasteiger partial charge >= 0.3 is 0 Å². The van der Waals surface area contributed by atoms with E-state index in [0.717, 1.165) is 5.69 Å². The van der Waals surface area contributed by atoms with E-state index in [-0.39, 0.29) is 17.2 Å². The van der Waals surface area contributed by atoms with Crippen molar-refractivity contribution in [3.8, 4) is 0 Å². The maximum atomic E-state index is 12.3. The van der Waals surface area contributed by atoms with Crippen LogP contribution in [0.5, 0.6) is 0 Å². The minimum Gasteiger partial charge on any atom is -0.286 e. The Hall–Kier alpha value is -1.90. The molecule has 0 atom stereocenters. The molecule has 2 aromatic rings. The van der Waals surface area contributed by atoms with Crippen LogP contribution in [0.3, 0.4) is 0 Å². The van der Waals surface area contributed by atoms with Gasteiger partial charge in [0.25, 0.3) is 10.0 Å². The highest BCUT2D eigenvalue weighted by Gasteiger charge is 2.23. The molecule has 0 radical (unpaired) electrons. The summed E-state index contributed by atoms with van der Waals surface area (Å²) in [6.07, 6.45) is 1.99. The first-order valence-corrected chi connectivity index (χ1v) is 9.51. The summed E-state index contributed by atoms with van der Waals surface area (Å²) >= 11 is 1.58. The number of hydrazine groups is 1. The molecule has 1 aromatic heterocycles. The van der Waals surface area contributed by atoms with Gasteiger partial charge in [0, 0.05) is 24.1 Å². The summed E-state index contributed by atoms with van der Waals surface area (Å²) in [4.78, 5) is 4.28. The SMILES string of the molecule is N=C(CCSCc1ccccn1)N(N)S(=O)(=O)c1ccccc1. The van der Waals surface area contributed by atoms with E-state index in [1.165, 1.54) is 12.1 Å². The van der Waals surface area contributed by atoms with Crippen molar-refractivity contribution in [2.24, 2.45) is 5.84 Å². The number of nitrogens with zero attached hydrogens (tertiary/aromatic N) is 2. The minimum atomic E-state index is -3.86. The molecule has 0 aliphatic heterocycles. The molecule has 0 saturated heterocycles. The second-order valence-corrected chi connectivity index (χ2v) is 7.60. The number of hydrogen-bond acceptors (Lipinski definition) is 6. The van der Waals surface area contributed by atoms with E-state index >= 15 is 0 Å². The molecule has 3 N–H and O–H groups in total. The van der Waals surface area contributed by atoms with Gasteiger partial charge in [-0.15, -0.1) is 0 Å². The fourth-order valence-corrected chi connectivity index (χ4v) is 3.76. The predicted octanol–water partition coefficient (Wildman–Crippen LogP) is 2.25. The van der Waals surface area contributed by atoms with E-state index in [4.69, 9.17) is 11.3 Å². The second-order valence-electron chi connectivity index (χ2n) is 4.68. The molecule has 8 heteroatoms. The summed E-state index contributed by atoms with van der Waals surface area (Å²) in [5.74, 6) is 6.79. The molecule has 1 heterocycles. The van der Waals surface area contributed by atoms with Crippen LogP contribution in [-0.4, -0.2) is 29.4 Å². The van der Waals surface area contributed by atoms with Gasteiger partial charge in [-0.1, -0.05) is 24.3 Å². The number of pyridine rings is 1. The number of hydrogen-bond donors (Lipinski definition) is 2. The van der Waals surface area contributed by atoms with Crippen molar-refractivity contribution in [1.82, 2.24) is 9.40 Å². The molecule has 2 rings (SSSR count). The summed E-state index contributed by atoms with van der Waals surface area (Å²) in [6.45, 7) is 0. The van der Waals surface area contributed by atoms with E-state index in [9.17, 15) is 8.42 Å². The lowest BCUT2D eigenvalue weighted by molar-refractivity contribution is 0.527. The first kappa shape index (κ1) is 17.5. The number of rotatable bonds is 7. The van der Waals surface area contributed by atoms with Crippen molar-refractivity contribution in [3.63, 3.8) is 0 Å². The van der Waals surface area contributed by atoms with Gasteiger partial charge in [0.05, 0.1) is 10.6 Å². The number of amidine groups is 1. The molecule has 0 saturated carbocycles. The lowest BCUT2D eigenvalue weighted by Gasteiger charge is -2.19. The zero-order valence-corrected chi connectivity index (χ0v) is 14.1. The third-order valence-electron chi connectivity index (χ3n) is 3.03. The van der Waals surface area contributed by atoms with E-state index in [2.05, 4.69) is 4.98 Å². The van der Waals surface area contributed by atoms with Gasteiger partial charge in [0.2, 0.25) is 0 Å². The Balaban J connectivity index is 1.85. The second kappa shape index (κ2) is 8.09. The van der Waals surface area contributed by atoms with Crippen LogP contribution < -0.4 is 5.84 Å². The maximum absolute atomic E-state index is 12.3. The molecule has 0 bridgehead atoms. The molecule has 0 spiro atoms. The third kappa shape index (κ3) is 4.78. The zero-order valence-electron chi connectivity index (χ0n) is 12.4. The van der Waals surface area contributed by atoms with Crippen LogP contribution in [-0.2, 0) is 15.8 Å². The van der Waals surface area contributed by atoms with Gasteiger partial charge in [0.1, 0.15) is 5.84 Å². The van der Waals surface area contributed by atoms with Crippen molar-refractivity contribution in [2.75, 3.05) is 5.75 Å². The highest BCUT2D eigenvalue weighted by Crippen LogP contribution is 2.15. The molecule has 122 valence electrons. The average Bonchev–Trinajstić information content (AvgIpc) is 2.59. The largest absolute Gasteiger partial charge is 0.286 e. The highest BCUT2D eigenvalue weighted by atomic mass is 32.2. The van der Waals surface area contributed by atoms with Crippen molar-refractivity contribution in [2.45, 2.75) is 17.1 Å². The summed E-state index contributed by atoms with van der Waals surface area (Å²) < 4.78 is 25.1. The van der Waals surface area contributed by atoms with Crippen LogP contribution in [0.15, 0.2) is 59.6 Å². The lowest BCUT2D eigenvalue weighted by atomic mass is 10.4. The van der Waals surface area contributed by atoms with E-state index < -0.39 is 10.0 Å². The van der Waals surface area contributed by atoms with Crippen LogP contribution in [0.25, 0.3) is 0 Å². The van der Waals surface area contributed by atoms with Gasteiger partial charge in [-0.3, -0.25) is 10.4 Å². The van der Waals surface area contributed by atoms with Crippen LogP contribution >= 0.6 is 11.8 Å². The van der Waals surface area contributed by atoms with Crippen molar-refractivity contribution in [3.05, 3.63) is 60.4 Å². The Kier molecular flexibility index (Phi) is 6.14. The first-order chi connectivity index (χ1) is 11.0. The van der Waals surface area contributed by atoms with Crippen molar-refractivity contribution < 1.29 is 8.42 Å². The predicted molar refractivity (Wildman–Crippen MR) is 92.4 cm³/mol. The fraction of sp³-hybridized carbons (Fsp3) is 0.200. The monoisotopic (exact) mass is 350 g/mol. The number of nitrogens with one attached hydrogen (secondary N) is 1. The normalized spacial score (nSPS) is 11.2. The van der Waals surface area contributed by atoms with E-state index in [0.29, 0.717) is 15.9 Å². The topological polar surface area (TPSA) is 100 Å². The Morgan fingerprint density at radius 3 is 2.52 bits per heavy atom.